The molecule has 1 aromatic heterocycles. The third-order valence-electron chi connectivity index (χ3n) is 2.84. The van der Waals surface area contributed by atoms with E-state index in [1.807, 2.05) is 24.3 Å². The maximum Gasteiger partial charge on any atom is 0.251 e. The number of benzene rings is 1. The van der Waals surface area contributed by atoms with Crippen LogP contribution in [0, 0.1) is 6.92 Å². The normalized spacial score (nSPS) is 12.9. The summed E-state index contributed by atoms with van der Waals surface area (Å²) in [5.74, 6) is 0. The monoisotopic (exact) mass is 232 g/mol. The maximum atomic E-state index is 11.4. The summed E-state index contributed by atoms with van der Waals surface area (Å²) in [5.41, 5.74) is 7.83. The largest absolute Gasteiger partial charge is 0.391 e. The van der Waals surface area contributed by atoms with Crippen LogP contribution in [0.1, 0.15) is 11.1 Å². The van der Waals surface area contributed by atoms with Gasteiger partial charge in [-0.15, -0.1) is 0 Å². The molecule has 1 heterocycles. The van der Waals surface area contributed by atoms with Crippen LogP contribution in [-0.4, -0.2) is 22.7 Å². The lowest BCUT2D eigenvalue weighted by atomic mass is 10.0. The molecule has 2 aromatic rings. The van der Waals surface area contributed by atoms with E-state index in [1.54, 1.807) is 6.92 Å². The molecule has 0 bridgehead atoms. The number of aryl methyl sites for hydroxylation is 1. The average molecular weight is 232 g/mol. The Hall–Kier alpha value is -1.65. The molecule has 2 rings (SSSR count). The van der Waals surface area contributed by atoms with E-state index in [0.717, 1.165) is 16.5 Å². The molecule has 1 aromatic carbocycles. The third-order valence-corrected chi connectivity index (χ3v) is 2.84. The molecule has 1 atom stereocenters. The lowest BCUT2D eigenvalue weighted by molar-refractivity contribution is 0.183. The molecule has 0 aliphatic rings. The number of H-pyrrole nitrogens is 1. The summed E-state index contributed by atoms with van der Waals surface area (Å²) >= 11 is 0. The van der Waals surface area contributed by atoms with Crippen molar-refractivity contribution in [2.24, 2.45) is 5.73 Å². The molecule has 0 aliphatic heterocycles. The van der Waals surface area contributed by atoms with E-state index in [-0.39, 0.29) is 12.1 Å². The van der Waals surface area contributed by atoms with E-state index in [9.17, 15) is 9.90 Å². The highest BCUT2D eigenvalue weighted by Gasteiger charge is 2.05. The van der Waals surface area contributed by atoms with Crippen molar-refractivity contribution in [1.29, 1.82) is 0 Å². The molecule has 4 heteroatoms. The Kier molecular flexibility index (Phi) is 3.26. The summed E-state index contributed by atoms with van der Waals surface area (Å²) in [4.78, 5) is 14.2. The number of aromatic nitrogens is 1. The SMILES string of the molecule is Cc1cc2cc(CC(O)CN)ccc2[nH]c1=O. The zero-order valence-electron chi connectivity index (χ0n) is 9.73. The Morgan fingerprint density at radius 3 is 2.88 bits per heavy atom. The Balaban J connectivity index is 2.43. The Morgan fingerprint density at radius 1 is 1.41 bits per heavy atom. The summed E-state index contributed by atoms with van der Waals surface area (Å²) in [6.45, 7) is 2.03. The number of rotatable bonds is 3. The van der Waals surface area contributed by atoms with Crippen LogP contribution in [0.25, 0.3) is 10.9 Å². The van der Waals surface area contributed by atoms with Crippen LogP contribution < -0.4 is 11.3 Å². The van der Waals surface area contributed by atoms with Crippen molar-refractivity contribution in [2.45, 2.75) is 19.4 Å². The van der Waals surface area contributed by atoms with Gasteiger partial charge in [-0.3, -0.25) is 4.79 Å². The highest BCUT2D eigenvalue weighted by Crippen LogP contribution is 2.14. The van der Waals surface area contributed by atoms with Crippen molar-refractivity contribution < 1.29 is 5.11 Å². The molecule has 0 aliphatic carbocycles. The summed E-state index contributed by atoms with van der Waals surface area (Å²) in [6.07, 6.45) is 0.0150. The molecule has 0 radical (unpaired) electrons. The molecule has 4 N–H and O–H groups in total. The minimum Gasteiger partial charge on any atom is -0.391 e. The van der Waals surface area contributed by atoms with E-state index < -0.39 is 6.10 Å². The van der Waals surface area contributed by atoms with Crippen LogP contribution in [0.3, 0.4) is 0 Å². The predicted molar refractivity (Wildman–Crippen MR) is 68.1 cm³/mol. The van der Waals surface area contributed by atoms with E-state index in [1.165, 1.54) is 0 Å². The van der Waals surface area contributed by atoms with Crippen molar-refractivity contribution in [3.8, 4) is 0 Å². The van der Waals surface area contributed by atoms with Gasteiger partial charge in [0.15, 0.2) is 0 Å². The van der Waals surface area contributed by atoms with Crippen LogP contribution in [0.4, 0.5) is 0 Å². The number of fused-ring (bicyclic) bond motifs is 1. The van der Waals surface area contributed by atoms with Gasteiger partial charge in [0.05, 0.1) is 6.10 Å². The first-order valence-electron chi connectivity index (χ1n) is 5.61. The summed E-state index contributed by atoms with van der Waals surface area (Å²) in [7, 11) is 0. The van der Waals surface area contributed by atoms with Crippen LogP contribution in [0.15, 0.2) is 29.1 Å². The van der Waals surface area contributed by atoms with Gasteiger partial charge < -0.3 is 15.8 Å². The first-order chi connectivity index (χ1) is 8.10. The van der Waals surface area contributed by atoms with E-state index in [2.05, 4.69) is 4.98 Å². The second kappa shape index (κ2) is 4.69. The standard InChI is InChI=1S/C13H16N2O2/c1-8-4-10-5-9(6-11(16)7-14)2-3-12(10)15-13(8)17/h2-5,11,16H,6-7,14H2,1H3,(H,15,17). The topological polar surface area (TPSA) is 79.1 Å². The molecule has 1 unspecified atom stereocenters. The fourth-order valence-corrected chi connectivity index (χ4v) is 1.85. The van der Waals surface area contributed by atoms with Gasteiger partial charge in [-0.2, -0.15) is 0 Å². The van der Waals surface area contributed by atoms with Crippen LogP contribution in [0.5, 0.6) is 0 Å². The predicted octanol–water partition coefficient (Wildman–Crippen LogP) is 0.699. The fraction of sp³-hybridized carbons (Fsp3) is 0.308. The molecule has 0 amide bonds. The van der Waals surface area contributed by atoms with Gasteiger partial charge >= 0.3 is 0 Å². The third kappa shape index (κ3) is 2.54. The minimum absolute atomic E-state index is 0.0627. The first kappa shape index (κ1) is 11.8. The number of nitrogens with one attached hydrogen (secondary N) is 1. The van der Waals surface area contributed by atoms with Crippen molar-refractivity contribution in [3.63, 3.8) is 0 Å². The van der Waals surface area contributed by atoms with Gasteiger partial charge in [0.1, 0.15) is 0 Å². The molecule has 0 fully saturated rings. The van der Waals surface area contributed by atoms with Crippen LogP contribution in [-0.2, 0) is 6.42 Å². The molecule has 17 heavy (non-hydrogen) atoms. The van der Waals surface area contributed by atoms with Gasteiger partial charge in [-0.25, -0.2) is 0 Å². The smallest absolute Gasteiger partial charge is 0.251 e. The van der Waals surface area contributed by atoms with Crippen molar-refractivity contribution in [3.05, 3.63) is 45.7 Å². The zero-order valence-corrected chi connectivity index (χ0v) is 9.73. The molecule has 0 spiro atoms. The van der Waals surface area contributed by atoms with Crippen LogP contribution in [0.2, 0.25) is 0 Å². The minimum atomic E-state index is -0.517. The molecule has 0 saturated carbocycles. The highest BCUT2D eigenvalue weighted by atomic mass is 16.3. The van der Waals surface area contributed by atoms with Gasteiger partial charge in [0, 0.05) is 17.6 Å². The summed E-state index contributed by atoms with van der Waals surface area (Å²) < 4.78 is 0. The maximum absolute atomic E-state index is 11.4. The Morgan fingerprint density at radius 2 is 2.18 bits per heavy atom. The van der Waals surface area contributed by atoms with Crippen LogP contribution >= 0.6 is 0 Å². The number of aromatic amines is 1. The Bertz CT molecular complexity index is 589. The second-order valence-electron chi connectivity index (χ2n) is 4.30. The molecular formula is C13H16N2O2. The number of aliphatic hydroxyl groups is 1. The number of nitrogens with two attached hydrogens (primary N) is 1. The number of aliphatic hydroxyl groups excluding tert-OH is 1. The molecule has 4 nitrogen and oxygen atoms in total. The Labute approximate surface area is 99.1 Å². The first-order valence-corrected chi connectivity index (χ1v) is 5.61. The van der Waals surface area contributed by atoms with E-state index in [4.69, 9.17) is 5.73 Å². The fourth-order valence-electron chi connectivity index (χ4n) is 1.85. The average Bonchev–Trinajstić information content (AvgIpc) is 2.31. The summed E-state index contributed by atoms with van der Waals surface area (Å²) in [5, 5.41) is 10.5. The van der Waals surface area contributed by atoms with Crippen molar-refractivity contribution >= 4 is 10.9 Å². The number of hydrogen-bond acceptors (Lipinski definition) is 3. The van der Waals surface area contributed by atoms with Gasteiger partial charge in [-0.05, 0) is 42.5 Å². The summed E-state index contributed by atoms with van der Waals surface area (Å²) in [6, 6.07) is 7.57. The molecule has 0 saturated heterocycles. The number of hydrogen-bond donors (Lipinski definition) is 3. The zero-order chi connectivity index (χ0) is 12.4. The van der Waals surface area contributed by atoms with E-state index >= 15 is 0 Å². The lowest BCUT2D eigenvalue weighted by Gasteiger charge is -2.08. The quantitative estimate of drug-likeness (QED) is 0.728. The van der Waals surface area contributed by atoms with E-state index in [0.29, 0.717) is 12.0 Å². The molecule has 90 valence electrons. The number of pyridine rings is 1. The lowest BCUT2D eigenvalue weighted by Crippen LogP contribution is -2.21. The van der Waals surface area contributed by atoms with Crippen molar-refractivity contribution in [2.75, 3.05) is 6.54 Å². The van der Waals surface area contributed by atoms with Gasteiger partial charge in [-0.1, -0.05) is 6.07 Å². The second-order valence-corrected chi connectivity index (χ2v) is 4.30. The molecular weight excluding hydrogens is 216 g/mol. The van der Waals surface area contributed by atoms with Crippen molar-refractivity contribution in [1.82, 2.24) is 4.98 Å². The van der Waals surface area contributed by atoms with Gasteiger partial charge in [0.2, 0.25) is 0 Å². The highest BCUT2D eigenvalue weighted by molar-refractivity contribution is 5.79. The van der Waals surface area contributed by atoms with Gasteiger partial charge in [0.25, 0.3) is 5.56 Å².